The van der Waals surface area contributed by atoms with Crippen LogP contribution >= 0.6 is 0 Å². The number of ether oxygens (including phenoxy) is 2. The maximum atomic E-state index is 11.2. The molecule has 0 saturated carbocycles. The van der Waals surface area contributed by atoms with Crippen molar-refractivity contribution in [2.45, 2.75) is 26.3 Å². The summed E-state index contributed by atoms with van der Waals surface area (Å²) in [5.74, 6) is -0.351. The fourth-order valence-electron chi connectivity index (χ4n) is 1.47. The summed E-state index contributed by atoms with van der Waals surface area (Å²) < 4.78 is 9.67. The van der Waals surface area contributed by atoms with Gasteiger partial charge in [-0.05, 0) is 13.8 Å². The summed E-state index contributed by atoms with van der Waals surface area (Å²) in [4.78, 5) is 23.4. The number of nitrogens with one attached hydrogen (secondary N) is 1. The van der Waals surface area contributed by atoms with Crippen LogP contribution in [0, 0.1) is 0 Å². The van der Waals surface area contributed by atoms with Crippen molar-refractivity contribution in [3.8, 4) is 0 Å². The molecule has 1 heterocycles. The lowest BCUT2D eigenvalue weighted by Crippen LogP contribution is -2.95. The van der Waals surface area contributed by atoms with Crippen molar-refractivity contribution < 1.29 is 24.0 Å². The minimum atomic E-state index is -0.195. The van der Waals surface area contributed by atoms with E-state index in [1.54, 1.807) is 13.8 Å². The van der Waals surface area contributed by atoms with Gasteiger partial charge < -0.3 is 14.4 Å². The highest BCUT2D eigenvalue weighted by atomic mass is 16.5. The Kier molecular flexibility index (Phi) is 4.55. The molecule has 0 aromatic carbocycles. The Morgan fingerprint density at radius 1 is 1.27 bits per heavy atom. The molecule has 86 valence electrons. The summed E-state index contributed by atoms with van der Waals surface area (Å²) in [6.45, 7) is 5.83. The summed E-state index contributed by atoms with van der Waals surface area (Å²) in [6, 6.07) is -0.0561. The lowest BCUT2D eigenvalue weighted by atomic mass is 10.4. The van der Waals surface area contributed by atoms with Crippen LogP contribution in [-0.2, 0) is 19.1 Å². The third-order valence-electron chi connectivity index (χ3n) is 2.33. The first-order valence-corrected chi connectivity index (χ1v) is 5.35. The van der Waals surface area contributed by atoms with Gasteiger partial charge in [0.25, 0.3) is 0 Å². The Bertz CT molecular complexity index is 242. The van der Waals surface area contributed by atoms with E-state index < -0.39 is 0 Å². The van der Waals surface area contributed by atoms with Crippen LogP contribution in [0.2, 0.25) is 0 Å². The minimum absolute atomic E-state index is 0.0561. The van der Waals surface area contributed by atoms with Crippen molar-refractivity contribution in [3.05, 3.63) is 0 Å². The minimum Gasteiger partial charge on any atom is -0.466 e. The topological polar surface area (TPSA) is 57.0 Å². The van der Waals surface area contributed by atoms with E-state index in [1.807, 2.05) is 0 Å². The van der Waals surface area contributed by atoms with E-state index in [4.69, 9.17) is 9.47 Å². The first kappa shape index (κ1) is 12.0. The van der Waals surface area contributed by atoms with Crippen LogP contribution in [0.4, 0.5) is 0 Å². The van der Waals surface area contributed by atoms with Gasteiger partial charge in [0, 0.05) is 0 Å². The van der Waals surface area contributed by atoms with Gasteiger partial charge in [-0.1, -0.05) is 0 Å². The van der Waals surface area contributed by atoms with Crippen LogP contribution in [0.5, 0.6) is 0 Å². The van der Waals surface area contributed by atoms with Gasteiger partial charge in [-0.25, -0.2) is 4.79 Å². The maximum absolute atomic E-state index is 11.2. The first-order valence-electron chi connectivity index (χ1n) is 5.35. The van der Waals surface area contributed by atoms with Crippen LogP contribution in [0.15, 0.2) is 0 Å². The van der Waals surface area contributed by atoms with Crippen LogP contribution in [-0.4, -0.2) is 44.3 Å². The lowest BCUT2D eigenvalue weighted by Gasteiger charge is -2.01. The fourth-order valence-corrected chi connectivity index (χ4v) is 1.47. The summed E-state index contributed by atoms with van der Waals surface area (Å²) in [5, 5.41) is 0. The van der Waals surface area contributed by atoms with Gasteiger partial charge >= 0.3 is 11.9 Å². The summed E-state index contributed by atoms with van der Waals surface area (Å²) >= 11 is 0. The molecule has 2 atom stereocenters. The lowest BCUT2D eigenvalue weighted by molar-refractivity contribution is -0.768. The van der Waals surface area contributed by atoms with Gasteiger partial charge in [-0.15, -0.1) is 0 Å². The number of carbonyl (C=O) groups excluding carboxylic acids is 2. The molecule has 1 fully saturated rings. The Morgan fingerprint density at radius 3 is 2.53 bits per heavy atom. The van der Waals surface area contributed by atoms with E-state index in [-0.39, 0.29) is 18.0 Å². The Morgan fingerprint density at radius 2 is 1.93 bits per heavy atom. The summed E-state index contributed by atoms with van der Waals surface area (Å²) in [5.41, 5.74) is 0. The van der Waals surface area contributed by atoms with Crippen LogP contribution in [0.3, 0.4) is 0 Å². The molecule has 5 nitrogen and oxygen atoms in total. The molecule has 1 aliphatic rings. The molecule has 1 saturated heterocycles. The summed E-state index contributed by atoms with van der Waals surface area (Å²) in [6.07, 6.45) is 0.374. The van der Waals surface area contributed by atoms with E-state index in [0.717, 1.165) is 11.4 Å². The largest absolute Gasteiger partial charge is 0.466 e. The van der Waals surface area contributed by atoms with E-state index in [9.17, 15) is 9.59 Å². The Labute approximate surface area is 89.3 Å². The molecular formula is C10H18NO4+. The van der Waals surface area contributed by atoms with Crippen molar-refractivity contribution >= 4 is 11.9 Å². The van der Waals surface area contributed by atoms with Crippen LogP contribution in [0.25, 0.3) is 0 Å². The third kappa shape index (κ3) is 3.87. The molecule has 0 amide bonds. The second-order valence-corrected chi connectivity index (χ2v) is 3.47. The number of esters is 2. The number of quaternary nitrogens is 1. The standard InChI is InChI=1S/C10H17NO4/c1-3-14-9(12)5-6-11-7-8(11)10(13)15-4-2/h8H,3-7H2,1-2H3/p+1/t8-,11?/m0/s1. The zero-order chi connectivity index (χ0) is 11.3. The van der Waals surface area contributed by atoms with Crippen LogP contribution < -0.4 is 4.90 Å². The van der Waals surface area contributed by atoms with Gasteiger partial charge in [0.2, 0.25) is 6.04 Å². The molecule has 1 aliphatic heterocycles. The van der Waals surface area contributed by atoms with Gasteiger partial charge in [-0.3, -0.25) is 4.79 Å². The molecule has 0 aromatic heterocycles. The third-order valence-corrected chi connectivity index (χ3v) is 2.33. The fraction of sp³-hybridized carbons (Fsp3) is 0.800. The molecule has 15 heavy (non-hydrogen) atoms. The van der Waals surface area contributed by atoms with Crippen molar-refractivity contribution in [3.63, 3.8) is 0 Å². The normalized spacial score (nSPS) is 23.3. The monoisotopic (exact) mass is 216 g/mol. The van der Waals surface area contributed by atoms with Crippen molar-refractivity contribution in [1.29, 1.82) is 0 Å². The number of rotatable bonds is 6. The van der Waals surface area contributed by atoms with E-state index >= 15 is 0 Å². The van der Waals surface area contributed by atoms with Gasteiger partial charge in [-0.2, -0.15) is 0 Å². The molecule has 0 aromatic rings. The Hall–Kier alpha value is -1.10. The van der Waals surface area contributed by atoms with Crippen LogP contribution in [0.1, 0.15) is 20.3 Å². The zero-order valence-electron chi connectivity index (χ0n) is 9.25. The second kappa shape index (κ2) is 5.70. The molecular weight excluding hydrogens is 198 g/mol. The molecule has 0 spiro atoms. The quantitative estimate of drug-likeness (QED) is 0.446. The van der Waals surface area contributed by atoms with Gasteiger partial charge in [0.15, 0.2) is 0 Å². The number of carbonyl (C=O) groups is 2. The molecule has 0 bridgehead atoms. The highest BCUT2D eigenvalue weighted by Crippen LogP contribution is 1.94. The Balaban J connectivity index is 2.11. The summed E-state index contributed by atoms with van der Waals surface area (Å²) in [7, 11) is 0. The van der Waals surface area contributed by atoms with Crippen molar-refractivity contribution in [1.82, 2.24) is 0 Å². The molecule has 1 unspecified atom stereocenters. The van der Waals surface area contributed by atoms with Gasteiger partial charge in [0.1, 0.15) is 6.54 Å². The highest BCUT2D eigenvalue weighted by Gasteiger charge is 2.47. The van der Waals surface area contributed by atoms with E-state index in [2.05, 4.69) is 0 Å². The second-order valence-electron chi connectivity index (χ2n) is 3.47. The number of hydrogen-bond donors (Lipinski definition) is 1. The maximum Gasteiger partial charge on any atom is 0.371 e. The molecule has 1 rings (SSSR count). The molecule has 0 radical (unpaired) electrons. The number of hydrogen-bond acceptors (Lipinski definition) is 4. The van der Waals surface area contributed by atoms with E-state index in [0.29, 0.717) is 26.2 Å². The average Bonchev–Trinajstić information content (AvgIpc) is 2.95. The molecule has 1 N–H and O–H groups in total. The first-order chi connectivity index (χ1) is 7.19. The predicted molar refractivity (Wildman–Crippen MR) is 52.4 cm³/mol. The van der Waals surface area contributed by atoms with Crippen molar-refractivity contribution in [2.75, 3.05) is 26.3 Å². The predicted octanol–water partition coefficient (Wildman–Crippen LogP) is -1.23. The molecule has 5 heteroatoms. The SMILES string of the molecule is CCOC(=O)CC[NH+]1C[C@H]1C(=O)OCC. The van der Waals surface area contributed by atoms with E-state index in [1.165, 1.54) is 0 Å². The van der Waals surface area contributed by atoms with Crippen molar-refractivity contribution in [2.24, 2.45) is 0 Å². The molecule has 0 aliphatic carbocycles. The average molecular weight is 216 g/mol. The highest BCUT2D eigenvalue weighted by molar-refractivity contribution is 5.76. The van der Waals surface area contributed by atoms with Gasteiger partial charge in [0.05, 0.1) is 26.2 Å². The zero-order valence-corrected chi connectivity index (χ0v) is 9.25. The smallest absolute Gasteiger partial charge is 0.371 e.